The first-order valence-electron chi connectivity index (χ1n) is 7.52. The molecule has 1 aromatic rings. The molecule has 3 rings (SSSR count). The molecule has 0 amide bonds. The first-order chi connectivity index (χ1) is 9.70. The van der Waals surface area contributed by atoms with Crippen LogP contribution in [-0.2, 0) is 16.0 Å². The number of nitrogens with zero attached hydrogens (tertiary/aromatic N) is 1. The van der Waals surface area contributed by atoms with Crippen LogP contribution in [0, 0.1) is 0 Å². The molecular formula is C15H21NO4. The third-order valence-corrected chi connectivity index (χ3v) is 4.55. The van der Waals surface area contributed by atoms with Crippen molar-refractivity contribution in [3.63, 3.8) is 0 Å². The lowest BCUT2D eigenvalue weighted by Crippen LogP contribution is -2.40. The molecule has 2 aliphatic rings. The van der Waals surface area contributed by atoms with Gasteiger partial charge in [-0.1, -0.05) is 24.4 Å². The molecule has 1 aliphatic carbocycles. The Bertz CT molecular complexity index is 470. The highest BCUT2D eigenvalue weighted by Gasteiger charge is 2.44. The van der Waals surface area contributed by atoms with Gasteiger partial charge in [0.25, 0.3) is 0 Å². The SMILES string of the molecule is O=C(O)[C@]1(Cc2cc(C3CCCCC3)no2)CCCO1. The van der Waals surface area contributed by atoms with Crippen molar-refractivity contribution in [1.29, 1.82) is 0 Å². The number of carbonyl (C=O) groups is 1. The van der Waals surface area contributed by atoms with Gasteiger partial charge in [0.15, 0.2) is 5.60 Å². The fourth-order valence-electron chi connectivity index (χ4n) is 3.37. The van der Waals surface area contributed by atoms with E-state index in [0.717, 1.165) is 25.0 Å². The highest BCUT2D eigenvalue weighted by Crippen LogP contribution is 2.34. The number of hydrogen-bond acceptors (Lipinski definition) is 4. The van der Waals surface area contributed by atoms with Crippen LogP contribution >= 0.6 is 0 Å². The van der Waals surface area contributed by atoms with Crippen LogP contribution in [0.25, 0.3) is 0 Å². The quantitative estimate of drug-likeness (QED) is 0.917. The van der Waals surface area contributed by atoms with Gasteiger partial charge in [-0.25, -0.2) is 4.79 Å². The molecule has 2 fully saturated rings. The topological polar surface area (TPSA) is 72.6 Å². The van der Waals surface area contributed by atoms with E-state index in [-0.39, 0.29) is 6.42 Å². The summed E-state index contributed by atoms with van der Waals surface area (Å²) in [6.45, 7) is 0.510. The first-order valence-corrected chi connectivity index (χ1v) is 7.52. The smallest absolute Gasteiger partial charge is 0.336 e. The van der Waals surface area contributed by atoms with Crippen molar-refractivity contribution >= 4 is 5.97 Å². The Morgan fingerprint density at radius 3 is 2.80 bits per heavy atom. The normalized spacial score (nSPS) is 27.8. The van der Waals surface area contributed by atoms with Gasteiger partial charge in [-0.2, -0.15) is 0 Å². The lowest BCUT2D eigenvalue weighted by molar-refractivity contribution is -0.160. The van der Waals surface area contributed by atoms with Crippen molar-refractivity contribution in [2.24, 2.45) is 0 Å². The van der Waals surface area contributed by atoms with Crippen LogP contribution < -0.4 is 0 Å². The van der Waals surface area contributed by atoms with Crippen molar-refractivity contribution in [3.05, 3.63) is 17.5 Å². The summed E-state index contributed by atoms with van der Waals surface area (Å²) in [6, 6.07) is 1.93. The van der Waals surface area contributed by atoms with E-state index in [2.05, 4.69) is 5.16 Å². The highest BCUT2D eigenvalue weighted by atomic mass is 16.5. The molecular weight excluding hydrogens is 258 g/mol. The molecule has 1 saturated heterocycles. The fourth-order valence-corrected chi connectivity index (χ4v) is 3.37. The summed E-state index contributed by atoms with van der Waals surface area (Å²) in [4.78, 5) is 11.4. The predicted octanol–water partition coefficient (Wildman–Crippen LogP) is 2.90. The summed E-state index contributed by atoms with van der Waals surface area (Å²) in [7, 11) is 0. The van der Waals surface area contributed by atoms with Gasteiger partial charge < -0.3 is 14.4 Å². The van der Waals surface area contributed by atoms with Gasteiger partial charge in [0.2, 0.25) is 0 Å². The number of ether oxygens (including phenoxy) is 1. The van der Waals surface area contributed by atoms with E-state index in [1.807, 2.05) is 6.07 Å². The van der Waals surface area contributed by atoms with E-state index >= 15 is 0 Å². The maximum absolute atomic E-state index is 11.4. The second-order valence-electron chi connectivity index (χ2n) is 5.98. The predicted molar refractivity (Wildman–Crippen MR) is 71.6 cm³/mol. The molecule has 1 aromatic heterocycles. The summed E-state index contributed by atoms with van der Waals surface area (Å²) >= 11 is 0. The lowest BCUT2D eigenvalue weighted by atomic mass is 9.86. The molecule has 0 bridgehead atoms. The Hall–Kier alpha value is -1.36. The monoisotopic (exact) mass is 279 g/mol. The van der Waals surface area contributed by atoms with Crippen LogP contribution in [0.4, 0.5) is 0 Å². The highest BCUT2D eigenvalue weighted by molar-refractivity contribution is 5.78. The molecule has 0 aromatic carbocycles. The summed E-state index contributed by atoms with van der Waals surface area (Å²) in [5.74, 6) is 0.215. The lowest BCUT2D eigenvalue weighted by Gasteiger charge is -2.21. The molecule has 0 spiro atoms. The molecule has 110 valence electrons. The van der Waals surface area contributed by atoms with Gasteiger partial charge in [0, 0.05) is 25.0 Å². The van der Waals surface area contributed by atoms with Crippen LogP contribution in [0.3, 0.4) is 0 Å². The van der Waals surface area contributed by atoms with Crippen molar-refractivity contribution in [2.75, 3.05) is 6.61 Å². The summed E-state index contributed by atoms with van der Waals surface area (Å²) in [6.07, 6.45) is 7.72. The van der Waals surface area contributed by atoms with E-state index in [0.29, 0.717) is 24.7 Å². The Morgan fingerprint density at radius 2 is 2.15 bits per heavy atom. The molecule has 0 unspecified atom stereocenters. The fraction of sp³-hybridized carbons (Fsp3) is 0.733. The van der Waals surface area contributed by atoms with Crippen LogP contribution in [-0.4, -0.2) is 28.4 Å². The third kappa shape index (κ3) is 2.59. The zero-order chi connectivity index (χ0) is 14.0. The zero-order valence-electron chi connectivity index (χ0n) is 11.6. The molecule has 1 atom stereocenters. The average molecular weight is 279 g/mol. The second kappa shape index (κ2) is 5.56. The molecule has 1 aliphatic heterocycles. The molecule has 20 heavy (non-hydrogen) atoms. The van der Waals surface area contributed by atoms with Crippen molar-refractivity contribution in [1.82, 2.24) is 5.16 Å². The maximum Gasteiger partial charge on any atom is 0.336 e. The number of hydrogen-bond donors (Lipinski definition) is 1. The zero-order valence-corrected chi connectivity index (χ0v) is 11.6. The molecule has 5 heteroatoms. The summed E-state index contributed by atoms with van der Waals surface area (Å²) in [5, 5.41) is 13.5. The van der Waals surface area contributed by atoms with E-state index in [1.54, 1.807) is 0 Å². The summed E-state index contributed by atoms with van der Waals surface area (Å²) in [5.41, 5.74) is -0.123. The molecule has 1 saturated carbocycles. The van der Waals surface area contributed by atoms with Crippen LogP contribution in [0.1, 0.15) is 62.3 Å². The van der Waals surface area contributed by atoms with Gasteiger partial charge >= 0.3 is 5.97 Å². The van der Waals surface area contributed by atoms with Crippen molar-refractivity contribution < 1.29 is 19.2 Å². The Morgan fingerprint density at radius 1 is 1.35 bits per heavy atom. The number of carboxylic acids is 1. The Labute approximate surface area is 118 Å². The standard InChI is InChI=1S/C15H21NO4/c17-14(18)15(7-4-8-19-15)10-12-9-13(16-20-12)11-5-2-1-3-6-11/h9,11H,1-8,10H2,(H,17,18)/t15-/m1/s1. The van der Waals surface area contributed by atoms with Gasteiger partial charge in [-0.3, -0.25) is 0 Å². The molecule has 0 radical (unpaired) electrons. The van der Waals surface area contributed by atoms with E-state index in [1.165, 1.54) is 19.3 Å². The number of rotatable bonds is 4. The Kier molecular flexibility index (Phi) is 3.78. The number of carboxylic acid groups (broad SMARTS) is 1. The van der Waals surface area contributed by atoms with Crippen molar-refractivity contribution in [2.45, 2.75) is 62.9 Å². The second-order valence-corrected chi connectivity index (χ2v) is 5.98. The van der Waals surface area contributed by atoms with E-state index in [9.17, 15) is 9.90 Å². The minimum atomic E-state index is -1.11. The van der Waals surface area contributed by atoms with Crippen LogP contribution in [0.15, 0.2) is 10.6 Å². The minimum absolute atomic E-state index is 0.280. The number of aliphatic carboxylic acids is 1. The van der Waals surface area contributed by atoms with Crippen LogP contribution in [0.5, 0.6) is 0 Å². The van der Waals surface area contributed by atoms with E-state index < -0.39 is 11.6 Å². The molecule has 2 heterocycles. The van der Waals surface area contributed by atoms with Gasteiger partial charge in [0.1, 0.15) is 5.76 Å². The first kappa shape index (κ1) is 13.6. The van der Waals surface area contributed by atoms with Gasteiger partial charge in [-0.15, -0.1) is 0 Å². The molecule has 1 N–H and O–H groups in total. The maximum atomic E-state index is 11.4. The summed E-state index contributed by atoms with van der Waals surface area (Å²) < 4.78 is 10.8. The third-order valence-electron chi connectivity index (χ3n) is 4.55. The van der Waals surface area contributed by atoms with Crippen LogP contribution in [0.2, 0.25) is 0 Å². The average Bonchev–Trinajstić information content (AvgIpc) is 3.10. The Balaban J connectivity index is 1.71. The largest absolute Gasteiger partial charge is 0.479 e. The minimum Gasteiger partial charge on any atom is -0.479 e. The van der Waals surface area contributed by atoms with Gasteiger partial charge in [-0.05, 0) is 25.7 Å². The number of aromatic nitrogens is 1. The van der Waals surface area contributed by atoms with Crippen molar-refractivity contribution in [3.8, 4) is 0 Å². The van der Waals surface area contributed by atoms with Gasteiger partial charge in [0.05, 0.1) is 5.69 Å². The van der Waals surface area contributed by atoms with E-state index in [4.69, 9.17) is 9.26 Å². The molecule has 5 nitrogen and oxygen atoms in total.